The van der Waals surface area contributed by atoms with E-state index < -0.39 is 5.91 Å². The number of amidine groups is 2. The molecule has 0 unspecified atom stereocenters. The molecule has 0 radical (unpaired) electrons. The molecule has 1 amide bonds. The van der Waals surface area contributed by atoms with E-state index in [0.717, 1.165) is 22.8 Å². The zero-order chi connectivity index (χ0) is 22.8. The lowest BCUT2D eigenvalue weighted by atomic mass is 9.98. The quantitative estimate of drug-likeness (QED) is 0.333. The number of nitrogens with zero attached hydrogens (tertiary/aromatic N) is 3. The van der Waals surface area contributed by atoms with Crippen LogP contribution in [0.3, 0.4) is 0 Å². The molecule has 9 heteroatoms. The minimum atomic E-state index is -0.468. The number of aliphatic imine (C=N–C) groups is 1. The number of benzene rings is 1. The first kappa shape index (κ1) is 21.5. The normalized spacial score (nSPS) is 17.8. The third-order valence-electron chi connectivity index (χ3n) is 5.20. The van der Waals surface area contributed by atoms with Crippen LogP contribution in [0.1, 0.15) is 36.3 Å². The molecule has 0 spiro atoms. The zero-order valence-electron chi connectivity index (χ0n) is 17.7. The van der Waals surface area contributed by atoms with Crippen molar-refractivity contribution < 1.29 is 13.6 Å². The van der Waals surface area contributed by atoms with Crippen molar-refractivity contribution in [3.05, 3.63) is 83.5 Å². The van der Waals surface area contributed by atoms with Crippen LogP contribution in [-0.2, 0) is 10.5 Å². The van der Waals surface area contributed by atoms with Crippen LogP contribution in [-0.4, -0.2) is 27.0 Å². The summed E-state index contributed by atoms with van der Waals surface area (Å²) in [5.41, 5.74) is 1.30. The summed E-state index contributed by atoms with van der Waals surface area (Å²) < 4.78 is 11.1. The summed E-state index contributed by atoms with van der Waals surface area (Å²) in [6.07, 6.45) is 4.04. The molecular formula is C24H20N4O3S2. The second-order valence-corrected chi connectivity index (χ2v) is 9.32. The summed E-state index contributed by atoms with van der Waals surface area (Å²) in [6, 6.07) is 17.5. The highest BCUT2D eigenvalue weighted by atomic mass is 32.2. The van der Waals surface area contributed by atoms with Crippen molar-refractivity contribution in [3.8, 4) is 0 Å². The molecule has 0 aliphatic carbocycles. The Labute approximate surface area is 199 Å². The molecular weight excluding hydrogens is 456 g/mol. The number of rotatable bonds is 7. The van der Waals surface area contributed by atoms with Crippen LogP contribution in [0, 0.1) is 5.41 Å². The number of hydrogen-bond donors (Lipinski definition) is 1. The predicted octanol–water partition coefficient (Wildman–Crippen LogP) is 5.98. The molecule has 2 aliphatic rings. The lowest BCUT2D eigenvalue weighted by Gasteiger charge is -2.19. The Morgan fingerprint density at radius 3 is 2.79 bits per heavy atom. The van der Waals surface area contributed by atoms with Crippen LogP contribution in [0.4, 0.5) is 0 Å². The molecule has 0 saturated heterocycles. The van der Waals surface area contributed by atoms with Crippen molar-refractivity contribution in [1.29, 1.82) is 5.41 Å². The number of furan rings is 2. The van der Waals surface area contributed by atoms with Crippen LogP contribution < -0.4 is 0 Å². The van der Waals surface area contributed by atoms with Gasteiger partial charge in [-0.2, -0.15) is 15.1 Å². The number of carbonyl (C=O) groups is 1. The van der Waals surface area contributed by atoms with E-state index in [2.05, 4.69) is 29.2 Å². The van der Waals surface area contributed by atoms with Gasteiger partial charge in [-0.3, -0.25) is 10.2 Å². The smallest absolute Gasteiger partial charge is 0.283 e. The number of hydrazone groups is 1. The maximum atomic E-state index is 12.7. The number of hydrogen-bond acceptors (Lipinski definition) is 7. The molecule has 5 rings (SSSR count). The number of thioether (sulfide) groups is 2. The highest BCUT2D eigenvalue weighted by Gasteiger charge is 2.37. The van der Waals surface area contributed by atoms with Crippen molar-refractivity contribution in [2.45, 2.75) is 30.1 Å². The Morgan fingerprint density at radius 2 is 2.03 bits per heavy atom. The summed E-state index contributed by atoms with van der Waals surface area (Å²) in [5, 5.41) is 16.6. The van der Waals surface area contributed by atoms with Crippen molar-refractivity contribution in [1.82, 2.24) is 5.01 Å². The first-order valence-electron chi connectivity index (χ1n) is 10.4. The molecule has 33 heavy (non-hydrogen) atoms. The second-order valence-electron chi connectivity index (χ2n) is 7.35. The summed E-state index contributed by atoms with van der Waals surface area (Å²) in [5.74, 6) is 1.58. The molecule has 0 saturated carbocycles. The van der Waals surface area contributed by atoms with Gasteiger partial charge in [0.15, 0.2) is 10.9 Å². The molecule has 0 bridgehead atoms. The topological polar surface area (TPSA) is 95.2 Å². The first-order chi connectivity index (χ1) is 16.1. The molecule has 2 aliphatic heterocycles. The summed E-state index contributed by atoms with van der Waals surface area (Å²) in [4.78, 5) is 16.9. The van der Waals surface area contributed by atoms with Gasteiger partial charge >= 0.3 is 0 Å². The van der Waals surface area contributed by atoms with E-state index >= 15 is 0 Å². The van der Waals surface area contributed by atoms with E-state index in [0.29, 0.717) is 21.8 Å². The maximum Gasteiger partial charge on any atom is 0.283 e. The molecule has 1 atom stereocenters. The highest BCUT2D eigenvalue weighted by molar-refractivity contribution is 8.27. The Hall–Kier alpha value is -3.30. The predicted molar refractivity (Wildman–Crippen MR) is 131 cm³/mol. The SMILES string of the molecule is CC[C@@H](C1=NN2C(=N)/C(=C\c3ccc(SCc4ccco4)o3)C(=O)N=C2S1)c1ccccc1. The third kappa shape index (κ3) is 4.46. The molecule has 4 heterocycles. The van der Waals surface area contributed by atoms with E-state index in [9.17, 15) is 4.79 Å². The minimum Gasteiger partial charge on any atom is -0.468 e. The largest absolute Gasteiger partial charge is 0.468 e. The molecule has 2 aromatic heterocycles. The van der Waals surface area contributed by atoms with Crippen LogP contribution >= 0.6 is 23.5 Å². The molecule has 3 aromatic rings. The average molecular weight is 477 g/mol. The van der Waals surface area contributed by atoms with Gasteiger partial charge in [-0.25, -0.2) is 0 Å². The Bertz CT molecular complexity index is 1280. The number of fused-ring (bicyclic) bond motifs is 1. The van der Waals surface area contributed by atoms with E-state index in [1.165, 1.54) is 28.5 Å². The lowest BCUT2D eigenvalue weighted by molar-refractivity contribution is -0.114. The van der Waals surface area contributed by atoms with E-state index in [1.807, 2.05) is 36.4 Å². The molecule has 1 N–H and O–H groups in total. The van der Waals surface area contributed by atoms with Crippen LogP contribution in [0.2, 0.25) is 0 Å². The fraction of sp³-hybridized carbons (Fsp3) is 0.167. The Morgan fingerprint density at radius 1 is 1.18 bits per heavy atom. The van der Waals surface area contributed by atoms with Crippen molar-refractivity contribution in [2.24, 2.45) is 10.1 Å². The molecule has 7 nitrogen and oxygen atoms in total. The number of nitrogens with one attached hydrogen (secondary N) is 1. The Kier molecular flexibility index (Phi) is 6.06. The minimum absolute atomic E-state index is 0.00315. The average Bonchev–Trinajstić information content (AvgIpc) is 3.58. The monoisotopic (exact) mass is 476 g/mol. The van der Waals surface area contributed by atoms with Crippen LogP contribution in [0.25, 0.3) is 6.08 Å². The van der Waals surface area contributed by atoms with E-state index in [-0.39, 0.29) is 17.3 Å². The third-order valence-corrected chi connectivity index (χ3v) is 7.16. The van der Waals surface area contributed by atoms with Crippen molar-refractivity contribution in [3.63, 3.8) is 0 Å². The molecule has 0 fully saturated rings. The van der Waals surface area contributed by atoms with Gasteiger partial charge in [-0.05, 0) is 54.1 Å². The van der Waals surface area contributed by atoms with Crippen LogP contribution in [0.5, 0.6) is 0 Å². The zero-order valence-corrected chi connectivity index (χ0v) is 19.4. The van der Waals surface area contributed by atoms with E-state index in [4.69, 9.17) is 14.2 Å². The highest BCUT2D eigenvalue weighted by Crippen LogP contribution is 2.36. The summed E-state index contributed by atoms with van der Waals surface area (Å²) in [6.45, 7) is 2.10. The van der Waals surface area contributed by atoms with Gasteiger partial charge in [0, 0.05) is 5.92 Å². The fourth-order valence-corrected chi connectivity index (χ4v) is 5.42. The van der Waals surface area contributed by atoms with E-state index in [1.54, 1.807) is 18.4 Å². The van der Waals surface area contributed by atoms with Gasteiger partial charge in [0.25, 0.3) is 5.91 Å². The summed E-state index contributed by atoms with van der Waals surface area (Å²) in [7, 11) is 0. The van der Waals surface area contributed by atoms with Gasteiger partial charge in [0.2, 0.25) is 5.17 Å². The standard InChI is InChI=1S/C24H20N4O3S2/c1-2-18(15-7-4-3-5-8-15)23-27-28-21(25)19(22(29)26-24(28)33-23)13-16-10-11-20(31-16)32-14-17-9-6-12-30-17/h3-13,18,25H,2,14H2,1H3/b19-13+,25-21?/t18-/m1/s1. The number of amides is 1. The van der Waals surface area contributed by atoms with Gasteiger partial charge in [-0.15, -0.1) is 0 Å². The first-order valence-corrected chi connectivity index (χ1v) is 12.2. The maximum absolute atomic E-state index is 12.7. The fourth-order valence-electron chi connectivity index (χ4n) is 3.55. The van der Waals surface area contributed by atoms with Gasteiger partial charge in [0.1, 0.15) is 16.6 Å². The van der Waals surface area contributed by atoms with Crippen LogP contribution in [0.15, 0.2) is 90.5 Å². The lowest BCUT2D eigenvalue weighted by Crippen LogP contribution is -2.35. The van der Waals surface area contributed by atoms with Gasteiger partial charge in [-0.1, -0.05) is 49.0 Å². The molecule has 1 aromatic carbocycles. The van der Waals surface area contributed by atoms with Gasteiger partial charge < -0.3 is 8.83 Å². The summed E-state index contributed by atoms with van der Waals surface area (Å²) >= 11 is 2.84. The molecule has 166 valence electrons. The van der Waals surface area contributed by atoms with Gasteiger partial charge in [0.05, 0.1) is 17.6 Å². The van der Waals surface area contributed by atoms with Crippen molar-refractivity contribution >= 4 is 51.6 Å². The second kappa shape index (κ2) is 9.29. The number of carbonyl (C=O) groups excluding carboxylic acids is 1. The Balaban J connectivity index is 1.35. The van der Waals surface area contributed by atoms with Crippen molar-refractivity contribution in [2.75, 3.05) is 0 Å².